The highest BCUT2D eigenvalue weighted by atomic mass is 16.7. The fourth-order valence-corrected chi connectivity index (χ4v) is 2.36. The molecule has 0 aliphatic carbocycles. The summed E-state index contributed by atoms with van der Waals surface area (Å²) in [6.45, 7) is -0.232. The van der Waals surface area contributed by atoms with Crippen LogP contribution in [0.25, 0.3) is 0 Å². The van der Waals surface area contributed by atoms with Crippen LogP contribution < -0.4 is 14.8 Å². The number of carbonyl (C=O) groups is 4. The Labute approximate surface area is 185 Å². The maximum atomic E-state index is 11.8. The van der Waals surface area contributed by atoms with Gasteiger partial charge >= 0.3 is 24.2 Å². The highest BCUT2D eigenvalue weighted by molar-refractivity contribution is 5.80. The molecule has 0 bridgehead atoms. The number of nitro benzene ring substituents is 1. The number of amides is 1. The van der Waals surface area contributed by atoms with Gasteiger partial charge in [0.2, 0.25) is 0 Å². The minimum Gasteiger partial charge on any atom is -0.481 e. The maximum absolute atomic E-state index is 11.8. The van der Waals surface area contributed by atoms with Crippen LogP contribution in [0.4, 0.5) is 15.3 Å². The topological polar surface area (TPSA) is 192 Å². The van der Waals surface area contributed by atoms with Crippen molar-refractivity contribution in [2.24, 2.45) is 0 Å². The summed E-state index contributed by atoms with van der Waals surface area (Å²) < 4.78 is 14.8. The predicted molar refractivity (Wildman–Crippen MR) is 108 cm³/mol. The van der Waals surface area contributed by atoms with Crippen molar-refractivity contribution in [3.05, 3.63) is 64.2 Å². The van der Waals surface area contributed by atoms with E-state index in [-0.39, 0.29) is 30.2 Å². The van der Waals surface area contributed by atoms with Gasteiger partial charge in [0.05, 0.1) is 4.92 Å². The lowest BCUT2D eigenvalue weighted by Gasteiger charge is -2.13. The summed E-state index contributed by atoms with van der Waals surface area (Å²) in [7, 11) is 0. The molecule has 2 rings (SSSR count). The van der Waals surface area contributed by atoms with E-state index in [9.17, 15) is 29.3 Å². The monoisotopic (exact) mass is 462 g/mol. The van der Waals surface area contributed by atoms with Gasteiger partial charge in [-0.1, -0.05) is 12.1 Å². The molecule has 13 nitrogen and oxygen atoms in total. The van der Waals surface area contributed by atoms with Crippen LogP contribution in [0.15, 0.2) is 48.5 Å². The number of alkyl carbamates (subject to hydrolysis) is 1. The Morgan fingerprint density at radius 2 is 1.48 bits per heavy atom. The summed E-state index contributed by atoms with van der Waals surface area (Å²) in [5.41, 5.74) is 0.319. The van der Waals surface area contributed by atoms with Crippen LogP contribution in [0.5, 0.6) is 11.5 Å². The highest BCUT2D eigenvalue weighted by Gasteiger charge is 2.21. The van der Waals surface area contributed by atoms with Gasteiger partial charge in [-0.3, -0.25) is 14.9 Å². The number of rotatable bonds is 10. The molecule has 0 unspecified atom stereocenters. The second-order valence-corrected chi connectivity index (χ2v) is 6.39. The number of carboxylic acids is 2. The van der Waals surface area contributed by atoms with Gasteiger partial charge in [-0.2, -0.15) is 0 Å². The molecule has 0 aliphatic rings. The van der Waals surface area contributed by atoms with Gasteiger partial charge in [0.25, 0.3) is 5.69 Å². The van der Waals surface area contributed by atoms with Crippen LogP contribution in [-0.2, 0) is 20.9 Å². The van der Waals surface area contributed by atoms with Crippen LogP contribution in [0.1, 0.15) is 18.4 Å². The summed E-state index contributed by atoms with van der Waals surface area (Å²) in [5.74, 6) is -2.44. The number of non-ortho nitro benzene ring substituents is 1. The molecule has 33 heavy (non-hydrogen) atoms. The van der Waals surface area contributed by atoms with Crippen molar-refractivity contribution in [3.8, 4) is 11.5 Å². The number of carbonyl (C=O) groups excluding carboxylic acids is 2. The van der Waals surface area contributed by atoms with Gasteiger partial charge in [-0.05, 0) is 36.2 Å². The third-order valence-corrected chi connectivity index (χ3v) is 3.98. The van der Waals surface area contributed by atoms with Crippen molar-refractivity contribution in [1.82, 2.24) is 5.32 Å². The Balaban J connectivity index is 1.81. The first kappa shape index (κ1) is 24.6. The van der Waals surface area contributed by atoms with Gasteiger partial charge in [-0.15, -0.1) is 0 Å². The van der Waals surface area contributed by atoms with E-state index in [4.69, 9.17) is 24.4 Å². The molecule has 0 spiro atoms. The molecule has 1 amide bonds. The van der Waals surface area contributed by atoms with Crippen molar-refractivity contribution < 1.29 is 48.5 Å². The zero-order valence-corrected chi connectivity index (χ0v) is 16.8. The Hall–Kier alpha value is -4.68. The molecule has 0 radical (unpaired) electrons. The van der Waals surface area contributed by atoms with E-state index in [0.29, 0.717) is 5.56 Å². The molecule has 2 aromatic carbocycles. The number of benzene rings is 2. The zero-order valence-electron chi connectivity index (χ0n) is 16.8. The molecule has 2 aromatic rings. The second kappa shape index (κ2) is 11.6. The van der Waals surface area contributed by atoms with E-state index in [1.165, 1.54) is 48.5 Å². The van der Waals surface area contributed by atoms with Crippen LogP contribution in [0, 0.1) is 10.1 Å². The molecule has 1 atom stereocenters. The van der Waals surface area contributed by atoms with Crippen molar-refractivity contribution in [1.29, 1.82) is 0 Å². The maximum Gasteiger partial charge on any atom is 0.519 e. The number of ether oxygens (including phenoxy) is 3. The standard InChI is InChI=1S/C20H18N2O11/c23-17(24)10-9-16(18(25)26)21-19(27)31-11-12-1-5-14(6-2-12)32-20(28)33-15-7-3-13(4-8-15)22(29)30/h1-8,16H,9-11H2,(H,21,27)(H,23,24)(H,25,26)/t16-/m0/s1. The van der Waals surface area contributed by atoms with E-state index in [0.717, 1.165) is 0 Å². The fourth-order valence-electron chi connectivity index (χ4n) is 2.36. The van der Waals surface area contributed by atoms with E-state index in [1.807, 2.05) is 0 Å². The predicted octanol–water partition coefficient (Wildman–Crippen LogP) is 2.72. The Morgan fingerprint density at radius 3 is 1.97 bits per heavy atom. The average Bonchev–Trinajstić information content (AvgIpc) is 2.76. The largest absolute Gasteiger partial charge is 0.519 e. The Morgan fingerprint density at radius 1 is 0.939 bits per heavy atom. The minimum absolute atomic E-state index is 0.0460. The van der Waals surface area contributed by atoms with Gasteiger partial charge in [0, 0.05) is 18.6 Å². The lowest BCUT2D eigenvalue weighted by atomic mass is 10.1. The highest BCUT2D eigenvalue weighted by Crippen LogP contribution is 2.19. The van der Waals surface area contributed by atoms with Gasteiger partial charge < -0.3 is 29.7 Å². The molecular weight excluding hydrogens is 444 g/mol. The van der Waals surface area contributed by atoms with Crippen LogP contribution >= 0.6 is 0 Å². The minimum atomic E-state index is -1.41. The van der Waals surface area contributed by atoms with E-state index >= 15 is 0 Å². The second-order valence-electron chi connectivity index (χ2n) is 6.39. The zero-order chi connectivity index (χ0) is 24.4. The van der Waals surface area contributed by atoms with Crippen molar-refractivity contribution in [2.45, 2.75) is 25.5 Å². The molecule has 0 aliphatic heterocycles. The number of nitrogens with one attached hydrogen (secondary N) is 1. The smallest absolute Gasteiger partial charge is 0.481 e. The van der Waals surface area contributed by atoms with Gasteiger partial charge in [0.15, 0.2) is 0 Å². The molecule has 13 heteroatoms. The molecule has 0 saturated heterocycles. The summed E-state index contributed by atoms with van der Waals surface area (Å²) in [6.07, 6.45) is -2.86. The van der Waals surface area contributed by atoms with Crippen LogP contribution in [0.2, 0.25) is 0 Å². The average molecular weight is 462 g/mol. The third kappa shape index (κ3) is 8.53. The lowest BCUT2D eigenvalue weighted by molar-refractivity contribution is -0.384. The molecule has 0 heterocycles. The lowest BCUT2D eigenvalue weighted by Crippen LogP contribution is -2.41. The first-order valence-corrected chi connectivity index (χ1v) is 9.25. The molecule has 174 valence electrons. The van der Waals surface area contributed by atoms with Crippen molar-refractivity contribution >= 4 is 29.9 Å². The molecule has 0 saturated carbocycles. The third-order valence-electron chi connectivity index (χ3n) is 3.98. The van der Waals surface area contributed by atoms with Crippen molar-refractivity contribution in [3.63, 3.8) is 0 Å². The normalized spacial score (nSPS) is 11.0. The van der Waals surface area contributed by atoms with E-state index in [1.54, 1.807) is 0 Å². The van der Waals surface area contributed by atoms with Crippen LogP contribution in [0.3, 0.4) is 0 Å². The first-order valence-electron chi connectivity index (χ1n) is 9.25. The number of nitrogens with zero attached hydrogens (tertiary/aromatic N) is 1. The number of hydrogen-bond donors (Lipinski definition) is 3. The van der Waals surface area contributed by atoms with Crippen LogP contribution in [-0.4, -0.2) is 45.4 Å². The Kier molecular flexibility index (Phi) is 8.67. The molecular formula is C20H18N2O11. The van der Waals surface area contributed by atoms with Gasteiger partial charge in [-0.25, -0.2) is 14.4 Å². The van der Waals surface area contributed by atoms with E-state index in [2.05, 4.69) is 5.32 Å². The number of hydrogen-bond acceptors (Lipinski definition) is 9. The summed E-state index contributed by atoms with van der Waals surface area (Å²) in [4.78, 5) is 55.2. The van der Waals surface area contributed by atoms with Gasteiger partial charge in [0.1, 0.15) is 24.1 Å². The molecule has 0 fully saturated rings. The summed E-state index contributed by atoms with van der Waals surface area (Å²) in [5, 5.41) is 30.3. The SMILES string of the molecule is O=C(O)CC[C@H](NC(=O)OCc1ccc(OC(=O)Oc2ccc([N+](=O)[O-])cc2)cc1)C(=O)O. The fraction of sp³-hybridized carbons (Fsp3) is 0.200. The quantitative estimate of drug-likeness (QED) is 0.203. The first-order chi connectivity index (χ1) is 15.6. The molecule has 0 aromatic heterocycles. The number of aliphatic carboxylic acids is 2. The summed E-state index contributed by atoms with van der Waals surface area (Å²) >= 11 is 0. The number of carboxylic acid groups (broad SMARTS) is 2. The number of nitro groups is 1. The Bertz CT molecular complexity index is 1020. The van der Waals surface area contributed by atoms with E-state index < -0.39 is 41.6 Å². The summed E-state index contributed by atoms with van der Waals surface area (Å²) in [6, 6.07) is 9.12. The van der Waals surface area contributed by atoms with Crippen molar-refractivity contribution in [2.75, 3.05) is 0 Å². The molecule has 3 N–H and O–H groups in total.